The molecule has 3 nitrogen and oxygen atoms in total. The summed E-state index contributed by atoms with van der Waals surface area (Å²) in [6.07, 6.45) is 3.64. The maximum Gasteiger partial charge on any atom is 0.220 e. The van der Waals surface area contributed by atoms with Crippen LogP contribution in [0, 0.1) is 5.92 Å². The smallest absolute Gasteiger partial charge is 0.220 e. The van der Waals surface area contributed by atoms with Crippen LogP contribution in [0.3, 0.4) is 0 Å². The Balaban J connectivity index is 2.18. The lowest BCUT2D eigenvalue weighted by atomic mass is 9.78. The number of amides is 1. The van der Waals surface area contributed by atoms with E-state index in [4.69, 9.17) is 23.2 Å². The Morgan fingerprint density at radius 3 is 2.65 bits per heavy atom. The second-order valence-electron chi connectivity index (χ2n) is 6.47. The van der Waals surface area contributed by atoms with Gasteiger partial charge in [-0.05, 0) is 68.9 Å². The normalized spacial score (nSPS) is 17.9. The van der Waals surface area contributed by atoms with E-state index in [1.165, 1.54) is 0 Å². The molecule has 1 heterocycles. The molecule has 23 heavy (non-hydrogen) atoms. The van der Waals surface area contributed by atoms with Crippen molar-refractivity contribution in [2.24, 2.45) is 5.92 Å². The quantitative estimate of drug-likeness (QED) is 0.822. The lowest BCUT2D eigenvalue weighted by Crippen LogP contribution is -2.35. The molecular formula is C18H26Cl2N2O. The number of nitrogens with one attached hydrogen (secondary N) is 1. The summed E-state index contributed by atoms with van der Waals surface area (Å²) in [7, 11) is 2.15. The average Bonchev–Trinajstić information content (AvgIpc) is 2.52. The maximum atomic E-state index is 12.3. The van der Waals surface area contributed by atoms with Gasteiger partial charge in [0.25, 0.3) is 0 Å². The first-order valence-electron chi connectivity index (χ1n) is 8.41. The molecule has 1 fully saturated rings. The van der Waals surface area contributed by atoms with Crippen LogP contribution in [0.2, 0.25) is 10.0 Å². The van der Waals surface area contributed by atoms with Crippen molar-refractivity contribution in [2.75, 3.05) is 26.7 Å². The SMILES string of the molecule is CCCNC(=O)CC(c1ccc(Cl)cc1Cl)C1CCN(C)CC1. The predicted octanol–water partition coefficient (Wildman–Crippen LogP) is 4.34. The van der Waals surface area contributed by atoms with Crippen LogP contribution in [-0.2, 0) is 4.79 Å². The molecule has 2 rings (SSSR count). The van der Waals surface area contributed by atoms with E-state index in [-0.39, 0.29) is 11.8 Å². The number of carbonyl (C=O) groups is 1. The van der Waals surface area contributed by atoms with Gasteiger partial charge in [-0.15, -0.1) is 0 Å². The van der Waals surface area contributed by atoms with Crippen LogP contribution in [0.1, 0.15) is 44.1 Å². The first-order chi connectivity index (χ1) is 11.0. The van der Waals surface area contributed by atoms with E-state index < -0.39 is 0 Å². The summed E-state index contributed by atoms with van der Waals surface area (Å²) in [5.74, 6) is 0.754. The number of nitrogens with zero attached hydrogens (tertiary/aromatic N) is 1. The Kier molecular flexibility index (Phi) is 7.19. The molecule has 5 heteroatoms. The maximum absolute atomic E-state index is 12.3. The van der Waals surface area contributed by atoms with Crippen LogP contribution in [0.25, 0.3) is 0 Å². The van der Waals surface area contributed by atoms with E-state index in [1.54, 1.807) is 6.07 Å². The van der Waals surface area contributed by atoms with Crippen molar-refractivity contribution in [3.63, 3.8) is 0 Å². The second kappa shape index (κ2) is 8.91. The summed E-state index contributed by atoms with van der Waals surface area (Å²) in [4.78, 5) is 14.6. The summed E-state index contributed by atoms with van der Waals surface area (Å²) in [6, 6.07) is 5.64. The van der Waals surface area contributed by atoms with Crippen molar-refractivity contribution in [1.29, 1.82) is 0 Å². The molecule has 0 saturated carbocycles. The Morgan fingerprint density at radius 2 is 2.04 bits per heavy atom. The van der Waals surface area contributed by atoms with Crippen molar-refractivity contribution in [3.05, 3.63) is 33.8 Å². The lowest BCUT2D eigenvalue weighted by molar-refractivity contribution is -0.121. The summed E-state index contributed by atoms with van der Waals surface area (Å²) < 4.78 is 0. The molecule has 1 N–H and O–H groups in total. The Hall–Kier alpha value is -0.770. The van der Waals surface area contributed by atoms with Gasteiger partial charge in [-0.1, -0.05) is 36.2 Å². The van der Waals surface area contributed by atoms with Crippen LogP contribution in [0.4, 0.5) is 0 Å². The standard InChI is InChI=1S/C18H26Cl2N2O/c1-3-8-21-18(23)12-16(13-6-9-22(2)10-7-13)15-5-4-14(19)11-17(15)20/h4-5,11,13,16H,3,6-10,12H2,1-2H3,(H,21,23). The van der Waals surface area contributed by atoms with Gasteiger partial charge in [0.15, 0.2) is 0 Å². The van der Waals surface area contributed by atoms with E-state index in [9.17, 15) is 4.79 Å². The highest BCUT2D eigenvalue weighted by Crippen LogP contribution is 2.39. The van der Waals surface area contributed by atoms with Gasteiger partial charge in [0.05, 0.1) is 0 Å². The number of rotatable bonds is 6. The van der Waals surface area contributed by atoms with Gasteiger partial charge < -0.3 is 10.2 Å². The van der Waals surface area contributed by atoms with E-state index in [2.05, 4.69) is 24.2 Å². The van der Waals surface area contributed by atoms with E-state index >= 15 is 0 Å². The van der Waals surface area contributed by atoms with Gasteiger partial charge in [-0.3, -0.25) is 4.79 Å². The van der Waals surface area contributed by atoms with Crippen molar-refractivity contribution < 1.29 is 4.79 Å². The van der Waals surface area contributed by atoms with Crippen molar-refractivity contribution in [2.45, 2.75) is 38.5 Å². The van der Waals surface area contributed by atoms with Crippen molar-refractivity contribution >= 4 is 29.1 Å². The Labute approximate surface area is 149 Å². The molecule has 1 unspecified atom stereocenters. The number of hydrogen-bond acceptors (Lipinski definition) is 2. The van der Waals surface area contributed by atoms with Crippen LogP contribution in [-0.4, -0.2) is 37.5 Å². The van der Waals surface area contributed by atoms with E-state index in [0.717, 1.165) is 44.5 Å². The zero-order chi connectivity index (χ0) is 16.8. The fraction of sp³-hybridized carbons (Fsp3) is 0.611. The number of piperidine rings is 1. The first kappa shape index (κ1) is 18.6. The molecular weight excluding hydrogens is 331 g/mol. The van der Waals surface area contributed by atoms with Gasteiger partial charge >= 0.3 is 0 Å². The zero-order valence-corrected chi connectivity index (χ0v) is 15.5. The Morgan fingerprint density at radius 1 is 1.35 bits per heavy atom. The summed E-state index contributed by atoms with van der Waals surface area (Å²) in [6.45, 7) is 4.93. The largest absolute Gasteiger partial charge is 0.356 e. The molecule has 1 saturated heterocycles. The average molecular weight is 357 g/mol. The van der Waals surface area contributed by atoms with Crippen LogP contribution >= 0.6 is 23.2 Å². The second-order valence-corrected chi connectivity index (χ2v) is 7.31. The van der Waals surface area contributed by atoms with Crippen LogP contribution in [0.15, 0.2) is 18.2 Å². The van der Waals surface area contributed by atoms with Crippen LogP contribution in [0.5, 0.6) is 0 Å². The number of hydrogen-bond donors (Lipinski definition) is 1. The minimum atomic E-state index is 0.113. The topological polar surface area (TPSA) is 32.3 Å². The highest BCUT2D eigenvalue weighted by molar-refractivity contribution is 6.35. The molecule has 0 spiro atoms. The van der Waals surface area contributed by atoms with Crippen LogP contribution < -0.4 is 5.32 Å². The molecule has 128 valence electrons. The first-order valence-corrected chi connectivity index (χ1v) is 9.17. The molecule has 1 aromatic rings. The van der Waals surface area contributed by atoms with Gasteiger partial charge in [0.2, 0.25) is 5.91 Å². The van der Waals surface area contributed by atoms with Gasteiger partial charge in [-0.25, -0.2) is 0 Å². The van der Waals surface area contributed by atoms with Gasteiger partial charge in [0, 0.05) is 23.0 Å². The molecule has 1 atom stereocenters. The fourth-order valence-corrected chi connectivity index (χ4v) is 3.85. The van der Waals surface area contributed by atoms with Crippen molar-refractivity contribution in [1.82, 2.24) is 10.2 Å². The monoisotopic (exact) mass is 356 g/mol. The molecule has 1 aliphatic rings. The molecule has 0 aliphatic carbocycles. The van der Waals surface area contributed by atoms with Gasteiger partial charge in [-0.2, -0.15) is 0 Å². The minimum absolute atomic E-state index is 0.113. The van der Waals surface area contributed by atoms with Gasteiger partial charge in [0.1, 0.15) is 0 Å². The Bertz CT molecular complexity index is 528. The number of carbonyl (C=O) groups excluding carboxylic acids is 1. The third-order valence-electron chi connectivity index (χ3n) is 4.67. The third kappa shape index (κ3) is 5.37. The molecule has 0 bridgehead atoms. The molecule has 1 aliphatic heterocycles. The number of benzene rings is 1. The molecule has 0 aromatic heterocycles. The molecule has 0 radical (unpaired) electrons. The summed E-state index contributed by atoms with van der Waals surface area (Å²) in [5.41, 5.74) is 1.05. The molecule has 1 aromatic carbocycles. The van der Waals surface area contributed by atoms with E-state index in [1.807, 2.05) is 12.1 Å². The van der Waals surface area contributed by atoms with Crippen molar-refractivity contribution in [3.8, 4) is 0 Å². The highest BCUT2D eigenvalue weighted by Gasteiger charge is 2.29. The zero-order valence-electron chi connectivity index (χ0n) is 13.9. The highest BCUT2D eigenvalue weighted by atomic mass is 35.5. The summed E-state index contributed by atoms with van der Waals surface area (Å²) >= 11 is 12.5. The number of likely N-dealkylation sites (tertiary alicyclic amines) is 1. The van der Waals surface area contributed by atoms with E-state index in [0.29, 0.717) is 22.4 Å². The predicted molar refractivity (Wildman–Crippen MR) is 97.3 cm³/mol. The third-order valence-corrected chi connectivity index (χ3v) is 5.23. The lowest BCUT2D eigenvalue weighted by Gasteiger charge is -2.34. The molecule has 1 amide bonds. The minimum Gasteiger partial charge on any atom is -0.356 e. The number of halogens is 2. The summed E-state index contributed by atoms with van der Waals surface area (Å²) in [5, 5.41) is 4.30. The fourth-order valence-electron chi connectivity index (χ4n) is 3.30.